The first kappa shape index (κ1) is 33.3. The molecule has 0 aliphatic heterocycles. The molecule has 1 N–H and O–H groups in total. The van der Waals surface area contributed by atoms with E-state index in [1.165, 1.54) is 37.7 Å². The van der Waals surface area contributed by atoms with E-state index in [0.29, 0.717) is 24.9 Å². The number of aliphatic hydroxyl groups is 1. The quantitative estimate of drug-likeness (QED) is 0.110. The maximum Gasteiger partial charge on any atom is 0.305 e. The molecule has 0 aromatic heterocycles. The van der Waals surface area contributed by atoms with Crippen molar-refractivity contribution in [1.29, 1.82) is 0 Å². The summed E-state index contributed by atoms with van der Waals surface area (Å²) in [6.07, 6.45) is 16.3. The number of benzene rings is 1. The zero-order valence-electron chi connectivity index (χ0n) is 24.4. The third kappa shape index (κ3) is 16.7. The molecular weight excluding hydrogens is 464 g/mol. The van der Waals surface area contributed by atoms with Crippen molar-refractivity contribution in [1.82, 2.24) is 0 Å². The Labute approximate surface area is 227 Å². The molecule has 0 fully saturated rings. The molecule has 1 aromatic carbocycles. The van der Waals surface area contributed by atoms with Gasteiger partial charge < -0.3 is 19.3 Å². The number of rotatable bonds is 24. The summed E-state index contributed by atoms with van der Waals surface area (Å²) in [7, 11) is 0. The van der Waals surface area contributed by atoms with Gasteiger partial charge in [0.25, 0.3) is 0 Å². The molecule has 5 nitrogen and oxygen atoms in total. The summed E-state index contributed by atoms with van der Waals surface area (Å²) in [5.41, 5.74) is 1.21. The van der Waals surface area contributed by atoms with E-state index >= 15 is 0 Å². The average molecular weight is 521 g/mol. The largest absolute Gasteiger partial charge is 0.493 e. The van der Waals surface area contributed by atoms with E-state index in [1.807, 2.05) is 6.07 Å². The molecule has 0 bridgehead atoms. The molecule has 1 rings (SSSR count). The summed E-state index contributed by atoms with van der Waals surface area (Å²) in [5, 5.41) is 9.15. The molecule has 0 saturated carbocycles. The van der Waals surface area contributed by atoms with Gasteiger partial charge in [0.2, 0.25) is 0 Å². The van der Waals surface area contributed by atoms with Crippen molar-refractivity contribution < 1.29 is 24.1 Å². The van der Waals surface area contributed by atoms with Gasteiger partial charge in [-0.2, -0.15) is 0 Å². The number of unbranched alkanes of at least 4 members (excludes halogenated alkanes) is 6. The highest BCUT2D eigenvalue weighted by atomic mass is 16.5. The van der Waals surface area contributed by atoms with Crippen LogP contribution in [0.3, 0.4) is 0 Å². The molecule has 0 radical (unpaired) electrons. The number of ether oxygens (including phenoxy) is 3. The summed E-state index contributed by atoms with van der Waals surface area (Å²) in [4.78, 5) is 12.1. The minimum atomic E-state index is -0.0396. The Hall–Kier alpha value is -1.75. The average Bonchev–Trinajstić information content (AvgIpc) is 2.91. The van der Waals surface area contributed by atoms with E-state index in [0.717, 1.165) is 75.9 Å². The van der Waals surface area contributed by atoms with Crippen LogP contribution in [-0.4, -0.2) is 37.5 Å². The van der Waals surface area contributed by atoms with Gasteiger partial charge in [0.1, 0.15) is 18.1 Å². The van der Waals surface area contributed by atoms with Crippen LogP contribution < -0.4 is 9.47 Å². The van der Waals surface area contributed by atoms with Crippen LogP contribution in [-0.2, 0) is 16.0 Å². The van der Waals surface area contributed by atoms with Crippen LogP contribution in [0, 0.1) is 11.8 Å². The number of aryl methyl sites for hydroxylation is 1. The van der Waals surface area contributed by atoms with Crippen LogP contribution >= 0.6 is 0 Å². The lowest BCUT2D eigenvalue weighted by molar-refractivity contribution is -0.145. The highest BCUT2D eigenvalue weighted by molar-refractivity contribution is 5.69. The molecule has 0 aliphatic carbocycles. The summed E-state index contributed by atoms with van der Waals surface area (Å²) in [5.74, 6) is 2.68. The predicted octanol–water partition coefficient (Wildman–Crippen LogP) is 8.30. The lowest BCUT2D eigenvalue weighted by Gasteiger charge is -2.17. The molecule has 214 valence electrons. The summed E-state index contributed by atoms with van der Waals surface area (Å²) < 4.78 is 17.4. The van der Waals surface area contributed by atoms with E-state index in [-0.39, 0.29) is 19.2 Å². The molecule has 37 heavy (non-hydrogen) atoms. The fourth-order valence-electron chi connectivity index (χ4n) is 4.53. The summed E-state index contributed by atoms with van der Waals surface area (Å²) in [6, 6.07) is 6.15. The van der Waals surface area contributed by atoms with Crippen molar-refractivity contribution in [3.8, 4) is 11.5 Å². The third-order valence-corrected chi connectivity index (χ3v) is 7.20. The topological polar surface area (TPSA) is 65.0 Å². The fourth-order valence-corrected chi connectivity index (χ4v) is 4.53. The van der Waals surface area contributed by atoms with Gasteiger partial charge in [0, 0.05) is 12.5 Å². The Morgan fingerprint density at radius 1 is 0.757 bits per heavy atom. The maximum atomic E-state index is 12.1. The number of hydrogen-bond acceptors (Lipinski definition) is 5. The third-order valence-electron chi connectivity index (χ3n) is 7.20. The second-order valence-electron chi connectivity index (χ2n) is 10.5. The second kappa shape index (κ2) is 22.3. The van der Waals surface area contributed by atoms with Crippen molar-refractivity contribution in [2.75, 3.05) is 26.4 Å². The minimum Gasteiger partial charge on any atom is -0.493 e. The minimum absolute atomic E-state index is 0.000922. The first-order chi connectivity index (χ1) is 18.1. The smallest absolute Gasteiger partial charge is 0.305 e. The SMILES string of the molecule is CCCCC(CC)COC(=O)CCCCCCCc1cc(OCCO)cc(OCC(CC)CCCC)c1. The molecule has 0 amide bonds. The monoisotopic (exact) mass is 520 g/mol. The number of hydrogen-bond donors (Lipinski definition) is 1. The van der Waals surface area contributed by atoms with Crippen molar-refractivity contribution in [3.05, 3.63) is 23.8 Å². The number of carbonyl (C=O) groups excluding carboxylic acids is 1. The first-order valence-electron chi connectivity index (χ1n) is 15.2. The fraction of sp³-hybridized carbons (Fsp3) is 0.781. The van der Waals surface area contributed by atoms with Crippen molar-refractivity contribution in [2.24, 2.45) is 11.8 Å². The van der Waals surface area contributed by atoms with Crippen molar-refractivity contribution >= 4 is 5.97 Å². The standard InChI is InChI=1S/C32H56O5/c1-5-9-16-27(7-3)25-36-31-23-29(22-30(24-31)35-21-20-33)18-14-12-11-13-15-19-32(34)37-26-28(8-4)17-10-6-2/h22-24,27-28,33H,5-21,25-26H2,1-4H3. The Bertz CT molecular complexity index is 690. The predicted molar refractivity (Wildman–Crippen MR) is 153 cm³/mol. The van der Waals surface area contributed by atoms with Gasteiger partial charge in [-0.25, -0.2) is 0 Å². The van der Waals surface area contributed by atoms with E-state index in [4.69, 9.17) is 19.3 Å². The van der Waals surface area contributed by atoms with E-state index in [9.17, 15) is 4.79 Å². The van der Waals surface area contributed by atoms with E-state index in [2.05, 4.69) is 39.8 Å². The Balaban J connectivity index is 2.37. The van der Waals surface area contributed by atoms with Crippen LogP contribution in [0.5, 0.6) is 11.5 Å². The molecule has 2 atom stereocenters. The first-order valence-corrected chi connectivity index (χ1v) is 15.2. The van der Waals surface area contributed by atoms with Crippen LogP contribution in [0.25, 0.3) is 0 Å². The Kier molecular flexibility index (Phi) is 20.0. The van der Waals surface area contributed by atoms with E-state index < -0.39 is 0 Å². The second-order valence-corrected chi connectivity index (χ2v) is 10.5. The molecule has 0 spiro atoms. The van der Waals surface area contributed by atoms with Gasteiger partial charge in [-0.05, 0) is 61.6 Å². The number of esters is 1. The molecule has 5 heteroatoms. The van der Waals surface area contributed by atoms with Crippen LogP contribution in [0.1, 0.15) is 123 Å². The molecular formula is C32H56O5. The van der Waals surface area contributed by atoms with Crippen molar-refractivity contribution in [3.63, 3.8) is 0 Å². The molecule has 0 saturated heterocycles. The van der Waals surface area contributed by atoms with Gasteiger partial charge >= 0.3 is 5.97 Å². The maximum absolute atomic E-state index is 12.1. The molecule has 0 heterocycles. The van der Waals surface area contributed by atoms with Crippen LogP contribution in [0.2, 0.25) is 0 Å². The normalized spacial score (nSPS) is 12.8. The molecule has 2 unspecified atom stereocenters. The zero-order chi connectivity index (χ0) is 27.1. The van der Waals surface area contributed by atoms with Crippen LogP contribution in [0.15, 0.2) is 18.2 Å². The Morgan fingerprint density at radius 3 is 1.97 bits per heavy atom. The van der Waals surface area contributed by atoms with Crippen LogP contribution in [0.4, 0.5) is 0 Å². The van der Waals surface area contributed by atoms with Crippen molar-refractivity contribution in [2.45, 2.75) is 124 Å². The summed E-state index contributed by atoms with van der Waals surface area (Å²) in [6.45, 7) is 10.4. The van der Waals surface area contributed by atoms with Gasteiger partial charge in [-0.15, -0.1) is 0 Å². The van der Waals surface area contributed by atoms with E-state index in [1.54, 1.807) is 0 Å². The summed E-state index contributed by atoms with van der Waals surface area (Å²) >= 11 is 0. The number of aliphatic hydroxyl groups excluding tert-OH is 1. The lowest BCUT2D eigenvalue weighted by atomic mass is 10.0. The Morgan fingerprint density at radius 2 is 1.35 bits per heavy atom. The van der Waals surface area contributed by atoms with Gasteiger partial charge in [0.15, 0.2) is 0 Å². The highest BCUT2D eigenvalue weighted by Gasteiger charge is 2.11. The molecule has 0 aliphatic rings. The lowest BCUT2D eigenvalue weighted by Crippen LogP contribution is -2.13. The van der Waals surface area contributed by atoms with Gasteiger partial charge in [0.05, 0.1) is 19.8 Å². The zero-order valence-corrected chi connectivity index (χ0v) is 24.4. The van der Waals surface area contributed by atoms with Gasteiger partial charge in [-0.1, -0.05) is 85.5 Å². The highest BCUT2D eigenvalue weighted by Crippen LogP contribution is 2.26. The number of carbonyl (C=O) groups is 1. The van der Waals surface area contributed by atoms with Gasteiger partial charge in [-0.3, -0.25) is 4.79 Å². The molecule has 1 aromatic rings.